The Labute approximate surface area is 151 Å². The lowest BCUT2D eigenvalue weighted by Gasteiger charge is -2.33. The molecule has 0 atom stereocenters. The van der Waals surface area contributed by atoms with Gasteiger partial charge in [0.05, 0.1) is 0 Å². The number of piperazine rings is 1. The van der Waals surface area contributed by atoms with Crippen LogP contribution in [0.4, 0.5) is 8.78 Å². The Kier molecular flexibility index (Phi) is 5.85. The third kappa shape index (κ3) is 4.38. The highest BCUT2D eigenvalue weighted by Crippen LogP contribution is 2.21. The second kappa shape index (κ2) is 8.11. The molecule has 8 heteroatoms. The van der Waals surface area contributed by atoms with E-state index in [0.29, 0.717) is 26.2 Å². The molecule has 0 aromatic heterocycles. The van der Waals surface area contributed by atoms with Gasteiger partial charge in [0.25, 0.3) is 0 Å². The molecule has 0 N–H and O–H groups in total. The molecule has 0 radical (unpaired) electrons. The van der Waals surface area contributed by atoms with E-state index in [1.54, 1.807) is 0 Å². The summed E-state index contributed by atoms with van der Waals surface area (Å²) in [6.45, 7) is 2.63. The van der Waals surface area contributed by atoms with E-state index in [-0.39, 0.29) is 13.1 Å². The highest BCUT2D eigenvalue weighted by molar-refractivity contribution is 7.89. The normalized spacial score (nSPS) is 16.5. The monoisotopic (exact) mass is 382 g/mol. The quantitative estimate of drug-likeness (QED) is 0.770. The van der Waals surface area contributed by atoms with E-state index in [2.05, 4.69) is 4.90 Å². The van der Waals surface area contributed by atoms with Gasteiger partial charge in [0.2, 0.25) is 10.0 Å². The van der Waals surface area contributed by atoms with E-state index in [1.807, 2.05) is 30.3 Å². The predicted molar refractivity (Wildman–Crippen MR) is 93.5 cm³/mol. The first-order valence-corrected chi connectivity index (χ1v) is 9.76. The highest BCUT2D eigenvalue weighted by atomic mass is 32.2. The first-order valence-electron chi connectivity index (χ1n) is 8.32. The van der Waals surface area contributed by atoms with Crippen molar-refractivity contribution in [1.29, 1.82) is 0 Å². The first-order chi connectivity index (χ1) is 12.5. The maximum absolute atomic E-state index is 13.8. The van der Waals surface area contributed by atoms with Gasteiger partial charge in [0.1, 0.15) is 28.9 Å². The molecule has 2 aromatic carbocycles. The minimum atomic E-state index is -4.04. The average Bonchev–Trinajstić information content (AvgIpc) is 2.65. The number of para-hydroxylation sites is 1. The molecule has 0 spiro atoms. The molecule has 1 aliphatic heterocycles. The molecule has 0 aliphatic carbocycles. The fourth-order valence-electron chi connectivity index (χ4n) is 2.82. The van der Waals surface area contributed by atoms with Gasteiger partial charge in [-0.1, -0.05) is 18.2 Å². The Morgan fingerprint density at radius 1 is 0.962 bits per heavy atom. The smallest absolute Gasteiger partial charge is 0.246 e. The summed E-state index contributed by atoms with van der Waals surface area (Å²) in [6, 6.07) is 11.9. The SMILES string of the molecule is O=S(=O)(c1cc(F)ccc1F)N1CCN(CCOc2ccccc2)CC1. The van der Waals surface area contributed by atoms with Gasteiger partial charge in [-0.05, 0) is 30.3 Å². The maximum atomic E-state index is 13.8. The van der Waals surface area contributed by atoms with Crippen LogP contribution in [0.2, 0.25) is 0 Å². The first kappa shape index (κ1) is 18.8. The molecule has 0 saturated carbocycles. The molecule has 0 bridgehead atoms. The summed E-state index contributed by atoms with van der Waals surface area (Å²) in [5, 5.41) is 0. The van der Waals surface area contributed by atoms with Gasteiger partial charge in [-0.2, -0.15) is 4.31 Å². The lowest BCUT2D eigenvalue weighted by Crippen LogP contribution is -2.49. The number of halogens is 2. The molecule has 0 amide bonds. The summed E-state index contributed by atoms with van der Waals surface area (Å²) in [5.41, 5.74) is 0. The molecular formula is C18H20F2N2O3S. The van der Waals surface area contributed by atoms with Crippen LogP contribution in [0.5, 0.6) is 5.75 Å². The Morgan fingerprint density at radius 2 is 1.65 bits per heavy atom. The highest BCUT2D eigenvalue weighted by Gasteiger charge is 2.30. The number of rotatable bonds is 6. The molecule has 5 nitrogen and oxygen atoms in total. The minimum absolute atomic E-state index is 0.226. The van der Waals surface area contributed by atoms with Crippen LogP contribution in [0.1, 0.15) is 0 Å². The fourth-order valence-corrected chi connectivity index (χ4v) is 4.31. The molecule has 1 aliphatic rings. The van der Waals surface area contributed by atoms with Gasteiger partial charge in [-0.15, -0.1) is 0 Å². The van der Waals surface area contributed by atoms with Crippen molar-refractivity contribution in [1.82, 2.24) is 9.21 Å². The topological polar surface area (TPSA) is 49.9 Å². The van der Waals surface area contributed by atoms with E-state index in [0.717, 1.165) is 23.9 Å². The summed E-state index contributed by atoms with van der Waals surface area (Å²) in [6.07, 6.45) is 0. The standard InChI is InChI=1S/C18H20F2N2O3S/c19-15-6-7-17(20)18(14-15)26(23,24)22-10-8-21(9-11-22)12-13-25-16-4-2-1-3-5-16/h1-7,14H,8-13H2. The second-order valence-corrected chi connectivity index (χ2v) is 7.89. The van der Waals surface area contributed by atoms with Crippen molar-refractivity contribution < 1.29 is 21.9 Å². The van der Waals surface area contributed by atoms with Crippen molar-refractivity contribution >= 4 is 10.0 Å². The third-order valence-electron chi connectivity index (χ3n) is 4.26. The Morgan fingerprint density at radius 3 is 2.35 bits per heavy atom. The van der Waals surface area contributed by atoms with Crippen molar-refractivity contribution in [3.8, 4) is 5.75 Å². The summed E-state index contributed by atoms with van der Waals surface area (Å²) < 4.78 is 59.1. The Bertz CT molecular complexity index is 839. The molecule has 140 valence electrons. The zero-order valence-corrected chi connectivity index (χ0v) is 15.0. The van der Waals surface area contributed by atoms with Crippen LogP contribution in [0.15, 0.2) is 53.4 Å². The number of ether oxygens (including phenoxy) is 1. The summed E-state index contributed by atoms with van der Waals surface area (Å²) >= 11 is 0. The molecule has 2 aromatic rings. The maximum Gasteiger partial charge on any atom is 0.246 e. The van der Waals surface area contributed by atoms with Crippen LogP contribution >= 0.6 is 0 Å². The number of benzene rings is 2. The van der Waals surface area contributed by atoms with Crippen molar-refractivity contribution in [3.63, 3.8) is 0 Å². The molecule has 1 heterocycles. The van der Waals surface area contributed by atoms with Crippen molar-refractivity contribution in [2.45, 2.75) is 4.90 Å². The number of sulfonamides is 1. The number of hydrogen-bond donors (Lipinski definition) is 0. The Hall–Kier alpha value is -2.03. The van der Waals surface area contributed by atoms with E-state index in [4.69, 9.17) is 4.74 Å². The van der Waals surface area contributed by atoms with Gasteiger partial charge in [0, 0.05) is 32.7 Å². The van der Waals surface area contributed by atoms with Gasteiger partial charge in [0.15, 0.2) is 0 Å². The van der Waals surface area contributed by atoms with Gasteiger partial charge in [-0.3, -0.25) is 4.90 Å². The largest absolute Gasteiger partial charge is 0.492 e. The fraction of sp³-hybridized carbons (Fsp3) is 0.333. The van der Waals surface area contributed by atoms with E-state index in [9.17, 15) is 17.2 Å². The zero-order valence-electron chi connectivity index (χ0n) is 14.1. The third-order valence-corrected chi connectivity index (χ3v) is 6.18. The van der Waals surface area contributed by atoms with Crippen LogP contribution in [-0.4, -0.2) is 57.0 Å². The second-order valence-electron chi connectivity index (χ2n) is 5.98. The average molecular weight is 382 g/mol. The lowest BCUT2D eigenvalue weighted by molar-refractivity contribution is 0.158. The van der Waals surface area contributed by atoms with Crippen molar-refractivity contribution in [2.75, 3.05) is 39.3 Å². The van der Waals surface area contributed by atoms with Gasteiger partial charge >= 0.3 is 0 Å². The predicted octanol–water partition coefficient (Wildman–Crippen LogP) is 2.35. The zero-order chi connectivity index (χ0) is 18.6. The summed E-state index contributed by atoms with van der Waals surface area (Å²) in [4.78, 5) is 1.47. The van der Waals surface area contributed by atoms with Crippen LogP contribution in [0, 0.1) is 11.6 Å². The van der Waals surface area contributed by atoms with Crippen LogP contribution < -0.4 is 4.74 Å². The molecule has 3 rings (SSSR count). The van der Waals surface area contributed by atoms with E-state index < -0.39 is 26.6 Å². The van der Waals surface area contributed by atoms with Crippen molar-refractivity contribution in [3.05, 3.63) is 60.2 Å². The number of nitrogens with zero attached hydrogens (tertiary/aromatic N) is 2. The Balaban J connectivity index is 1.53. The molecule has 0 unspecified atom stereocenters. The summed E-state index contributed by atoms with van der Waals surface area (Å²) in [7, 11) is -4.04. The van der Waals surface area contributed by atoms with Crippen molar-refractivity contribution in [2.24, 2.45) is 0 Å². The minimum Gasteiger partial charge on any atom is -0.492 e. The number of hydrogen-bond acceptors (Lipinski definition) is 4. The lowest BCUT2D eigenvalue weighted by atomic mass is 10.3. The molecular weight excluding hydrogens is 362 g/mol. The van der Waals surface area contributed by atoms with Gasteiger partial charge < -0.3 is 4.74 Å². The van der Waals surface area contributed by atoms with Crippen LogP contribution in [0.25, 0.3) is 0 Å². The van der Waals surface area contributed by atoms with Crippen LogP contribution in [0.3, 0.4) is 0 Å². The van der Waals surface area contributed by atoms with Crippen LogP contribution in [-0.2, 0) is 10.0 Å². The molecule has 26 heavy (non-hydrogen) atoms. The molecule has 1 fully saturated rings. The van der Waals surface area contributed by atoms with E-state index in [1.165, 1.54) is 4.31 Å². The molecule has 1 saturated heterocycles. The summed E-state index contributed by atoms with van der Waals surface area (Å²) in [5.74, 6) is -0.929. The van der Waals surface area contributed by atoms with Gasteiger partial charge in [-0.25, -0.2) is 17.2 Å². The van der Waals surface area contributed by atoms with E-state index >= 15 is 0 Å².